The molecule has 2 fully saturated rings. The van der Waals surface area contributed by atoms with Gasteiger partial charge in [0.05, 0.1) is 4.91 Å². The van der Waals surface area contributed by atoms with Crippen molar-refractivity contribution in [1.82, 2.24) is 9.47 Å². The molecular formula is C23H25ClN2O2S. The van der Waals surface area contributed by atoms with Crippen LogP contribution in [0.5, 0.6) is 0 Å². The monoisotopic (exact) mass is 428 g/mol. The lowest BCUT2D eigenvalue weighted by molar-refractivity contribution is -0.123. The minimum Gasteiger partial charge on any atom is -0.318 e. The molecule has 1 aliphatic heterocycles. The molecule has 152 valence electrons. The second-order valence-corrected chi connectivity index (χ2v) is 9.36. The molecule has 4 nitrogen and oxygen atoms in total. The maximum atomic E-state index is 12.9. The van der Waals surface area contributed by atoms with Gasteiger partial charge in [-0.15, -0.1) is 0 Å². The number of hydrogen-bond acceptors (Lipinski definition) is 3. The molecule has 0 unspecified atom stereocenters. The van der Waals surface area contributed by atoms with Crippen LogP contribution in [0.1, 0.15) is 49.1 Å². The molecule has 1 saturated carbocycles. The molecule has 2 amide bonds. The lowest BCUT2D eigenvalue weighted by Gasteiger charge is -2.25. The van der Waals surface area contributed by atoms with Gasteiger partial charge in [0, 0.05) is 28.6 Å². The highest BCUT2D eigenvalue weighted by Crippen LogP contribution is 2.36. The molecule has 2 aromatic rings. The molecule has 0 bridgehead atoms. The zero-order chi connectivity index (χ0) is 20.5. The maximum absolute atomic E-state index is 12.9. The number of amides is 2. The number of rotatable bonds is 4. The lowest BCUT2D eigenvalue weighted by atomic mass is 9.89. The summed E-state index contributed by atoms with van der Waals surface area (Å²) < 4.78 is 2.13. The first-order valence-corrected chi connectivity index (χ1v) is 11.3. The smallest absolute Gasteiger partial charge is 0.293 e. The molecule has 2 aliphatic rings. The lowest BCUT2D eigenvalue weighted by Crippen LogP contribution is -2.34. The molecule has 1 aromatic carbocycles. The minimum absolute atomic E-state index is 0.140. The fourth-order valence-electron chi connectivity index (χ4n) is 4.35. The summed E-state index contributed by atoms with van der Waals surface area (Å²) in [7, 11) is 0. The molecule has 0 spiro atoms. The van der Waals surface area contributed by atoms with Gasteiger partial charge in [-0.2, -0.15) is 0 Å². The zero-order valence-corrected chi connectivity index (χ0v) is 18.4. The van der Waals surface area contributed by atoms with E-state index in [1.807, 2.05) is 44.2 Å². The third-order valence-electron chi connectivity index (χ3n) is 5.88. The van der Waals surface area contributed by atoms with Gasteiger partial charge in [0.2, 0.25) is 0 Å². The van der Waals surface area contributed by atoms with Gasteiger partial charge >= 0.3 is 0 Å². The van der Waals surface area contributed by atoms with Crippen molar-refractivity contribution in [3.63, 3.8) is 0 Å². The molecule has 2 heterocycles. The molecule has 1 aromatic heterocycles. The molecule has 0 atom stereocenters. The summed E-state index contributed by atoms with van der Waals surface area (Å²) in [5.41, 5.74) is 4.08. The SMILES string of the molecule is Cc1cc(/C=C2\SC(=O)N(CC3CCCCC3)C2=O)c(C)n1-c1ccc(Cl)cc1. The molecule has 1 aliphatic carbocycles. The normalized spacial score (nSPS) is 19.6. The summed E-state index contributed by atoms with van der Waals surface area (Å²) in [6, 6.07) is 9.74. The number of carbonyl (C=O) groups excluding carboxylic acids is 2. The Balaban J connectivity index is 1.58. The number of aromatic nitrogens is 1. The number of hydrogen-bond donors (Lipinski definition) is 0. The Kier molecular flexibility index (Phi) is 5.88. The summed E-state index contributed by atoms with van der Waals surface area (Å²) in [5, 5.41) is 0.557. The van der Waals surface area contributed by atoms with E-state index in [0.29, 0.717) is 22.4 Å². The molecule has 1 saturated heterocycles. The number of aryl methyl sites for hydroxylation is 1. The van der Waals surface area contributed by atoms with Crippen LogP contribution in [0.25, 0.3) is 11.8 Å². The van der Waals surface area contributed by atoms with E-state index in [0.717, 1.165) is 47.2 Å². The van der Waals surface area contributed by atoms with E-state index in [9.17, 15) is 9.59 Å². The van der Waals surface area contributed by atoms with E-state index >= 15 is 0 Å². The van der Waals surface area contributed by atoms with Crippen LogP contribution in [0.4, 0.5) is 4.79 Å². The van der Waals surface area contributed by atoms with Crippen LogP contribution >= 0.6 is 23.4 Å². The highest BCUT2D eigenvalue weighted by molar-refractivity contribution is 8.18. The number of halogens is 1. The van der Waals surface area contributed by atoms with E-state index in [1.165, 1.54) is 24.2 Å². The number of imide groups is 1. The zero-order valence-electron chi connectivity index (χ0n) is 16.8. The summed E-state index contributed by atoms with van der Waals surface area (Å²) in [6.07, 6.45) is 7.76. The molecule has 6 heteroatoms. The van der Waals surface area contributed by atoms with Crippen LogP contribution in [-0.4, -0.2) is 27.2 Å². The van der Waals surface area contributed by atoms with Crippen LogP contribution in [0, 0.1) is 19.8 Å². The van der Waals surface area contributed by atoms with Crippen molar-refractivity contribution in [3.05, 3.63) is 57.2 Å². The first-order chi connectivity index (χ1) is 13.9. The number of carbonyl (C=O) groups is 2. The van der Waals surface area contributed by atoms with Gasteiger partial charge in [0.15, 0.2) is 0 Å². The van der Waals surface area contributed by atoms with Crippen molar-refractivity contribution in [1.29, 1.82) is 0 Å². The largest absolute Gasteiger partial charge is 0.318 e. The number of thioether (sulfide) groups is 1. The average Bonchev–Trinajstić information content (AvgIpc) is 3.13. The van der Waals surface area contributed by atoms with Crippen LogP contribution in [0.15, 0.2) is 35.2 Å². The van der Waals surface area contributed by atoms with E-state index in [-0.39, 0.29) is 11.1 Å². The quantitative estimate of drug-likeness (QED) is 0.531. The minimum atomic E-state index is -0.151. The molecule has 0 radical (unpaired) electrons. The predicted octanol–water partition coefficient (Wildman–Crippen LogP) is 6.36. The van der Waals surface area contributed by atoms with E-state index < -0.39 is 0 Å². The predicted molar refractivity (Wildman–Crippen MR) is 120 cm³/mol. The Hall–Kier alpha value is -1.98. The molecular weight excluding hydrogens is 404 g/mol. The van der Waals surface area contributed by atoms with Gasteiger partial charge in [-0.05, 0) is 86.3 Å². The Morgan fingerprint density at radius 1 is 1.10 bits per heavy atom. The Morgan fingerprint density at radius 2 is 1.79 bits per heavy atom. The summed E-state index contributed by atoms with van der Waals surface area (Å²) >= 11 is 7.07. The van der Waals surface area contributed by atoms with E-state index in [4.69, 9.17) is 11.6 Å². The van der Waals surface area contributed by atoms with Crippen molar-refractivity contribution >= 4 is 40.6 Å². The van der Waals surface area contributed by atoms with Gasteiger partial charge in [-0.3, -0.25) is 14.5 Å². The first-order valence-electron chi connectivity index (χ1n) is 10.1. The summed E-state index contributed by atoms with van der Waals surface area (Å²) in [6.45, 7) is 4.62. The van der Waals surface area contributed by atoms with Gasteiger partial charge < -0.3 is 4.57 Å². The van der Waals surface area contributed by atoms with Crippen LogP contribution in [0.2, 0.25) is 5.02 Å². The fraction of sp³-hybridized carbons (Fsp3) is 0.391. The Morgan fingerprint density at radius 3 is 2.48 bits per heavy atom. The van der Waals surface area contributed by atoms with E-state index in [1.54, 1.807) is 0 Å². The topological polar surface area (TPSA) is 42.3 Å². The maximum Gasteiger partial charge on any atom is 0.293 e. The van der Waals surface area contributed by atoms with Crippen LogP contribution in [0.3, 0.4) is 0 Å². The van der Waals surface area contributed by atoms with Crippen molar-refractivity contribution in [2.75, 3.05) is 6.54 Å². The van der Waals surface area contributed by atoms with Crippen molar-refractivity contribution in [3.8, 4) is 5.69 Å². The summed E-state index contributed by atoms with van der Waals surface area (Å²) in [5.74, 6) is 0.299. The standard InChI is InChI=1S/C23H25ClN2O2S/c1-15-12-18(16(2)26(15)20-10-8-19(24)9-11-20)13-21-22(27)25(23(28)29-21)14-17-6-4-3-5-7-17/h8-13,17H,3-7,14H2,1-2H3/b21-13-. The van der Waals surface area contributed by atoms with Crippen LogP contribution in [-0.2, 0) is 4.79 Å². The second kappa shape index (κ2) is 8.41. The van der Waals surface area contributed by atoms with Gasteiger partial charge in [0.25, 0.3) is 11.1 Å². The fourth-order valence-corrected chi connectivity index (χ4v) is 5.31. The average molecular weight is 429 g/mol. The molecule has 0 N–H and O–H groups in total. The number of nitrogens with zero attached hydrogens (tertiary/aromatic N) is 2. The summed E-state index contributed by atoms with van der Waals surface area (Å²) in [4.78, 5) is 27.3. The van der Waals surface area contributed by atoms with Crippen molar-refractivity contribution in [2.45, 2.75) is 46.0 Å². The van der Waals surface area contributed by atoms with Crippen LogP contribution < -0.4 is 0 Å². The third kappa shape index (κ3) is 4.17. The molecule has 4 rings (SSSR count). The van der Waals surface area contributed by atoms with Gasteiger partial charge in [0.1, 0.15) is 0 Å². The highest BCUT2D eigenvalue weighted by Gasteiger charge is 2.36. The van der Waals surface area contributed by atoms with Gasteiger partial charge in [-0.1, -0.05) is 30.9 Å². The van der Waals surface area contributed by atoms with Crippen molar-refractivity contribution < 1.29 is 9.59 Å². The van der Waals surface area contributed by atoms with E-state index in [2.05, 4.69) is 10.6 Å². The Bertz CT molecular complexity index is 972. The van der Waals surface area contributed by atoms with Crippen molar-refractivity contribution in [2.24, 2.45) is 5.92 Å². The first kappa shape index (κ1) is 20.3. The highest BCUT2D eigenvalue weighted by atomic mass is 35.5. The molecule has 29 heavy (non-hydrogen) atoms. The second-order valence-electron chi connectivity index (χ2n) is 7.93. The third-order valence-corrected chi connectivity index (χ3v) is 7.04. The van der Waals surface area contributed by atoms with Gasteiger partial charge in [-0.25, -0.2) is 0 Å². The Labute approximate surface area is 180 Å². The number of benzene rings is 1.